The number of nitriles is 1. The molecule has 0 aliphatic heterocycles. The smallest absolute Gasteiger partial charge is 0.287 e. The Balaban J connectivity index is 1.93. The molecule has 0 saturated carbocycles. The van der Waals surface area contributed by atoms with Crippen LogP contribution in [0.5, 0.6) is 0 Å². The average molecular weight is 387 g/mol. The summed E-state index contributed by atoms with van der Waals surface area (Å²) in [5.41, 5.74) is 0.295. The summed E-state index contributed by atoms with van der Waals surface area (Å²) in [6.07, 6.45) is -1.41. The van der Waals surface area contributed by atoms with Crippen molar-refractivity contribution in [2.75, 3.05) is 0 Å². The number of hydrogen-bond acceptors (Lipinski definition) is 5. The van der Waals surface area contributed by atoms with Crippen molar-refractivity contribution in [3.63, 3.8) is 0 Å². The van der Waals surface area contributed by atoms with Gasteiger partial charge in [0.2, 0.25) is 0 Å². The van der Waals surface area contributed by atoms with Gasteiger partial charge in [0.15, 0.2) is 5.65 Å². The molecule has 11 heteroatoms. The second-order valence-corrected chi connectivity index (χ2v) is 5.79. The van der Waals surface area contributed by atoms with Crippen molar-refractivity contribution in [1.29, 1.82) is 5.26 Å². The summed E-state index contributed by atoms with van der Waals surface area (Å²) in [6, 6.07) is 7.87. The maximum absolute atomic E-state index is 14.1. The van der Waals surface area contributed by atoms with Gasteiger partial charge in [-0.25, -0.2) is 14.4 Å². The molecular formula is C17H9F4N7. The van der Waals surface area contributed by atoms with Crippen molar-refractivity contribution in [3.05, 3.63) is 65.6 Å². The minimum Gasteiger partial charge on any atom is -0.287 e. The molecule has 4 rings (SSSR count). The number of alkyl halides is 3. The lowest BCUT2D eigenvalue weighted by Crippen LogP contribution is -2.20. The Morgan fingerprint density at radius 2 is 1.93 bits per heavy atom. The van der Waals surface area contributed by atoms with E-state index in [2.05, 4.69) is 20.3 Å². The van der Waals surface area contributed by atoms with Gasteiger partial charge in [0.25, 0.3) is 0 Å². The molecule has 0 radical (unpaired) electrons. The van der Waals surface area contributed by atoms with E-state index in [4.69, 9.17) is 0 Å². The molecule has 3 heterocycles. The standard InChI is InChI=1S/C17H9F4N7/c18-12-4-2-1-3-10(12)5-13-16-23-7-11(6-22)27(16)9-14(25-13)15-8-24-26-28(15)17(19,20)21/h1-4,7-9H,5H2. The third-order valence-electron chi connectivity index (χ3n) is 4.04. The van der Waals surface area contributed by atoms with Crippen molar-refractivity contribution in [2.24, 2.45) is 0 Å². The Morgan fingerprint density at radius 1 is 1.14 bits per heavy atom. The van der Waals surface area contributed by atoms with E-state index in [0.717, 1.165) is 6.20 Å². The van der Waals surface area contributed by atoms with Crippen molar-refractivity contribution in [3.8, 4) is 17.5 Å². The van der Waals surface area contributed by atoms with Crippen LogP contribution in [0.4, 0.5) is 17.6 Å². The van der Waals surface area contributed by atoms with Crippen LogP contribution in [0.15, 0.2) is 42.9 Å². The summed E-state index contributed by atoms with van der Waals surface area (Å²) in [5, 5.41) is 15.6. The van der Waals surface area contributed by atoms with Gasteiger partial charge in [-0.15, -0.1) is 23.0 Å². The largest absolute Gasteiger partial charge is 0.506 e. The molecule has 0 fully saturated rings. The van der Waals surface area contributed by atoms with E-state index in [1.54, 1.807) is 6.07 Å². The fourth-order valence-electron chi connectivity index (χ4n) is 2.80. The molecule has 28 heavy (non-hydrogen) atoms. The summed E-state index contributed by atoms with van der Waals surface area (Å²) in [5.74, 6) is -0.484. The van der Waals surface area contributed by atoms with Crippen molar-refractivity contribution >= 4 is 5.65 Å². The summed E-state index contributed by atoms with van der Waals surface area (Å²) >= 11 is 0. The number of rotatable bonds is 3. The Hall–Kier alpha value is -3.81. The van der Waals surface area contributed by atoms with Gasteiger partial charge in [0.1, 0.15) is 29.0 Å². The first-order chi connectivity index (χ1) is 13.4. The lowest BCUT2D eigenvalue weighted by molar-refractivity contribution is -0.211. The van der Waals surface area contributed by atoms with Crippen molar-refractivity contribution in [1.82, 2.24) is 29.4 Å². The van der Waals surface area contributed by atoms with E-state index in [9.17, 15) is 22.8 Å². The van der Waals surface area contributed by atoms with Gasteiger partial charge in [0, 0.05) is 12.6 Å². The molecule has 0 atom stereocenters. The molecule has 0 aliphatic rings. The molecule has 0 unspecified atom stereocenters. The van der Waals surface area contributed by atoms with Crippen molar-refractivity contribution in [2.45, 2.75) is 12.7 Å². The van der Waals surface area contributed by atoms with Crippen LogP contribution < -0.4 is 0 Å². The Bertz CT molecular complexity index is 1220. The summed E-state index contributed by atoms with van der Waals surface area (Å²) in [4.78, 5) is 8.35. The molecule has 7 nitrogen and oxygen atoms in total. The molecule has 0 amide bonds. The van der Waals surface area contributed by atoms with Gasteiger partial charge in [-0.3, -0.25) is 4.40 Å². The monoisotopic (exact) mass is 387 g/mol. The van der Waals surface area contributed by atoms with Crippen LogP contribution in [0.3, 0.4) is 0 Å². The first-order valence-electron chi connectivity index (χ1n) is 7.87. The molecule has 3 aromatic heterocycles. The number of benzene rings is 1. The maximum atomic E-state index is 14.1. The van der Waals surface area contributed by atoms with Gasteiger partial charge in [-0.05, 0) is 11.6 Å². The quantitative estimate of drug-likeness (QED) is 0.505. The molecule has 1 aromatic carbocycles. The lowest BCUT2D eigenvalue weighted by atomic mass is 10.1. The Labute approximate surface area is 154 Å². The first-order valence-corrected chi connectivity index (χ1v) is 7.87. The van der Waals surface area contributed by atoms with Gasteiger partial charge in [-0.2, -0.15) is 5.26 Å². The first kappa shape index (κ1) is 17.6. The fraction of sp³-hybridized carbons (Fsp3) is 0.118. The zero-order valence-electron chi connectivity index (χ0n) is 13.9. The van der Waals surface area contributed by atoms with E-state index >= 15 is 0 Å². The Kier molecular flexibility index (Phi) is 4.03. The number of fused-ring (bicyclic) bond motifs is 1. The summed E-state index contributed by atoms with van der Waals surface area (Å²) < 4.78 is 54.7. The second kappa shape index (κ2) is 6.41. The minimum atomic E-state index is -4.80. The normalized spacial score (nSPS) is 11.7. The van der Waals surface area contributed by atoms with Crippen LogP contribution in [0, 0.1) is 17.1 Å². The van der Waals surface area contributed by atoms with Gasteiger partial charge < -0.3 is 0 Å². The molecule has 4 aromatic rings. The van der Waals surface area contributed by atoms with E-state index < -0.39 is 17.8 Å². The highest BCUT2D eigenvalue weighted by Gasteiger charge is 2.35. The highest BCUT2D eigenvalue weighted by Crippen LogP contribution is 2.28. The zero-order valence-corrected chi connectivity index (χ0v) is 13.9. The van der Waals surface area contributed by atoms with Crippen LogP contribution in [-0.4, -0.2) is 29.4 Å². The number of halogens is 4. The van der Waals surface area contributed by atoms with Crippen LogP contribution in [0.25, 0.3) is 17.0 Å². The molecular weight excluding hydrogens is 378 g/mol. The number of aromatic nitrogens is 6. The number of nitrogens with zero attached hydrogens (tertiary/aromatic N) is 7. The number of imidazole rings is 1. The molecule has 0 aliphatic carbocycles. The second-order valence-electron chi connectivity index (χ2n) is 5.79. The average Bonchev–Trinajstić information content (AvgIpc) is 3.29. The van der Waals surface area contributed by atoms with Crippen molar-refractivity contribution < 1.29 is 17.6 Å². The highest BCUT2D eigenvalue weighted by atomic mass is 19.4. The lowest BCUT2D eigenvalue weighted by Gasteiger charge is -2.11. The van der Waals surface area contributed by atoms with Gasteiger partial charge >= 0.3 is 6.30 Å². The van der Waals surface area contributed by atoms with Crippen LogP contribution >= 0.6 is 0 Å². The van der Waals surface area contributed by atoms with E-state index in [1.165, 1.54) is 35.0 Å². The predicted molar refractivity (Wildman–Crippen MR) is 87.2 cm³/mol. The Morgan fingerprint density at radius 3 is 2.64 bits per heavy atom. The topological polar surface area (TPSA) is 84.7 Å². The predicted octanol–water partition coefficient (Wildman–Crippen LogP) is 3.07. The maximum Gasteiger partial charge on any atom is 0.506 e. The minimum absolute atomic E-state index is 0.0283. The molecule has 0 saturated heterocycles. The third-order valence-corrected chi connectivity index (χ3v) is 4.04. The van der Waals surface area contributed by atoms with Crippen LogP contribution in [0.1, 0.15) is 17.0 Å². The van der Waals surface area contributed by atoms with E-state index in [0.29, 0.717) is 0 Å². The number of hydrogen-bond donors (Lipinski definition) is 0. The zero-order chi connectivity index (χ0) is 19.9. The SMILES string of the molecule is N#Cc1cnc2c(Cc3ccccc3F)nc(-c3cnnn3C(F)(F)F)cn12. The molecule has 0 N–H and O–H groups in total. The van der Waals surface area contributed by atoms with Gasteiger partial charge in [0.05, 0.1) is 18.1 Å². The summed E-state index contributed by atoms with van der Waals surface area (Å²) in [7, 11) is 0. The fourth-order valence-corrected chi connectivity index (χ4v) is 2.80. The summed E-state index contributed by atoms with van der Waals surface area (Å²) in [6.45, 7) is 0. The van der Waals surface area contributed by atoms with Crippen LogP contribution in [0.2, 0.25) is 0 Å². The molecule has 0 spiro atoms. The molecule has 0 bridgehead atoms. The molecule has 140 valence electrons. The van der Waals surface area contributed by atoms with E-state index in [1.807, 2.05) is 6.07 Å². The van der Waals surface area contributed by atoms with E-state index in [-0.39, 0.29) is 39.4 Å². The van der Waals surface area contributed by atoms with Gasteiger partial charge in [-0.1, -0.05) is 23.4 Å². The van der Waals surface area contributed by atoms with Crippen LogP contribution in [-0.2, 0) is 12.7 Å². The highest BCUT2D eigenvalue weighted by molar-refractivity contribution is 5.59. The third kappa shape index (κ3) is 2.94.